The van der Waals surface area contributed by atoms with Crippen molar-refractivity contribution >= 4 is 11.9 Å². The quantitative estimate of drug-likeness (QED) is 0.780. The summed E-state index contributed by atoms with van der Waals surface area (Å²) in [5.41, 5.74) is 2.42. The van der Waals surface area contributed by atoms with E-state index in [2.05, 4.69) is 48.6 Å². The van der Waals surface area contributed by atoms with E-state index >= 15 is 0 Å². The molecule has 0 unspecified atom stereocenters. The molecule has 1 aliphatic carbocycles. The molecule has 2 aromatic carbocycles. The normalized spacial score (nSPS) is 20.0. The SMILES string of the molecule is O=C1CCC[C@H]1[C@H](/C=C/c1ccccc1)c1ccccc1. The van der Waals surface area contributed by atoms with Crippen molar-refractivity contribution in [2.75, 3.05) is 0 Å². The van der Waals surface area contributed by atoms with Gasteiger partial charge in [0.2, 0.25) is 0 Å². The number of benzene rings is 2. The molecule has 0 aliphatic heterocycles. The highest BCUT2D eigenvalue weighted by Crippen LogP contribution is 2.36. The number of hydrogen-bond donors (Lipinski definition) is 0. The van der Waals surface area contributed by atoms with Crippen molar-refractivity contribution < 1.29 is 4.79 Å². The Morgan fingerprint density at radius 2 is 1.62 bits per heavy atom. The van der Waals surface area contributed by atoms with Crippen molar-refractivity contribution in [3.63, 3.8) is 0 Å². The Bertz CT molecular complexity index is 613. The topological polar surface area (TPSA) is 17.1 Å². The van der Waals surface area contributed by atoms with Crippen LogP contribution in [0, 0.1) is 5.92 Å². The molecule has 0 amide bonds. The van der Waals surface area contributed by atoms with Crippen LogP contribution in [0.4, 0.5) is 0 Å². The molecular formula is C20H20O. The van der Waals surface area contributed by atoms with Crippen molar-refractivity contribution in [2.45, 2.75) is 25.2 Å². The first kappa shape index (κ1) is 13.8. The fourth-order valence-corrected chi connectivity index (χ4v) is 3.15. The van der Waals surface area contributed by atoms with E-state index in [1.54, 1.807) is 0 Å². The van der Waals surface area contributed by atoms with Gasteiger partial charge in [-0.25, -0.2) is 0 Å². The summed E-state index contributed by atoms with van der Waals surface area (Å²) < 4.78 is 0. The molecule has 1 aliphatic rings. The Morgan fingerprint density at radius 3 is 2.24 bits per heavy atom. The number of ketones is 1. The van der Waals surface area contributed by atoms with E-state index in [-0.39, 0.29) is 11.8 Å². The van der Waals surface area contributed by atoms with E-state index < -0.39 is 0 Å². The number of allylic oxidation sites excluding steroid dienone is 1. The first-order valence-electron chi connectivity index (χ1n) is 7.65. The van der Waals surface area contributed by atoms with E-state index in [1.807, 2.05) is 24.3 Å². The molecule has 106 valence electrons. The zero-order chi connectivity index (χ0) is 14.5. The van der Waals surface area contributed by atoms with Crippen LogP contribution in [-0.4, -0.2) is 5.78 Å². The van der Waals surface area contributed by atoms with Crippen molar-refractivity contribution in [3.8, 4) is 0 Å². The van der Waals surface area contributed by atoms with Gasteiger partial charge >= 0.3 is 0 Å². The minimum absolute atomic E-state index is 0.146. The molecule has 0 heterocycles. The molecule has 0 aromatic heterocycles. The second-order valence-electron chi connectivity index (χ2n) is 5.67. The second-order valence-corrected chi connectivity index (χ2v) is 5.67. The molecule has 2 aromatic rings. The van der Waals surface area contributed by atoms with Crippen LogP contribution in [0.5, 0.6) is 0 Å². The Balaban J connectivity index is 1.89. The fourth-order valence-electron chi connectivity index (χ4n) is 3.15. The van der Waals surface area contributed by atoms with E-state index in [0.29, 0.717) is 5.78 Å². The minimum Gasteiger partial charge on any atom is -0.299 e. The molecule has 1 nitrogen and oxygen atoms in total. The summed E-state index contributed by atoms with van der Waals surface area (Å²) in [5.74, 6) is 0.760. The minimum atomic E-state index is 0.146. The van der Waals surface area contributed by atoms with Crippen LogP contribution in [0.2, 0.25) is 0 Å². The summed E-state index contributed by atoms with van der Waals surface area (Å²) in [4.78, 5) is 12.2. The molecule has 2 atom stereocenters. The first-order chi connectivity index (χ1) is 10.3. The van der Waals surface area contributed by atoms with Crippen LogP contribution in [0.3, 0.4) is 0 Å². The van der Waals surface area contributed by atoms with Crippen molar-refractivity contribution in [1.82, 2.24) is 0 Å². The third-order valence-corrected chi connectivity index (χ3v) is 4.27. The van der Waals surface area contributed by atoms with E-state index in [0.717, 1.165) is 19.3 Å². The summed E-state index contributed by atoms with van der Waals surface area (Å²) in [6.45, 7) is 0. The first-order valence-corrected chi connectivity index (χ1v) is 7.65. The van der Waals surface area contributed by atoms with Crippen LogP contribution in [0.25, 0.3) is 6.08 Å². The fraction of sp³-hybridized carbons (Fsp3) is 0.250. The van der Waals surface area contributed by atoms with Gasteiger partial charge in [-0.05, 0) is 24.0 Å². The summed E-state index contributed by atoms with van der Waals surface area (Å²) in [7, 11) is 0. The van der Waals surface area contributed by atoms with Crippen molar-refractivity contribution in [2.24, 2.45) is 5.92 Å². The van der Waals surface area contributed by atoms with Gasteiger partial charge in [-0.2, -0.15) is 0 Å². The molecule has 0 N–H and O–H groups in total. The maximum absolute atomic E-state index is 12.2. The van der Waals surface area contributed by atoms with Gasteiger partial charge < -0.3 is 0 Å². The lowest BCUT2D eigenvalue weighted by atomic mass is 9.83. The summed E-state index contributed by atoms with van der Waals surface area (Å²) in [6, 6.07) is 20.7. The predicted molar refractivity (Wildman–Crippen MR) is 87.0 cm³/mol. The second kappa shape index (κ2) is 6.53. The molecule has 0 spiro atoms. The number of carbonyl (C=O) groups is 1. The maximum Gasteiger partial charge on any atom is 0.136 e. The van der Waals surface area contributed by atoms with Crippen molar-refractivity contribution in [1.29, 1.82) is 0 Å². The van der Waals surface area contributed by atoms with E-state index in [9.17, 15) is 4.79 Å². The van der Waals surface area contributed by atoms with Gasteiger partial charge in [0.25, 0.3) is 0 Å². The summed E-state index contributed by atoms with van der Waals surface area (Å²) in [6.07, 6.45) is 7.14. The molecule has 0 saturated heterocycles. The van der Waals surface area contributed by atoms with Gasteiger partial charge in [0, 0.05) is 18.3 Å². The molecule has 21 heavy (non-hydrogen) atoms. The maximum atomic E-state index is 12.2. The summed E-state index contributed by atoms with van der Waals surface area (Å²) >= 11 is 0. The molecule has 1 heteroatoms. The third-order valence-electron chi connectivity index (χ3n) is 4.27. The van der Waals surface area contributed by atoms with Crippen molar-refractivity contribution in [3.05, 3.63) is 77.9 Å². The average molecular weight is 276 g/mol. The average Bonchev–Trinajstić information content (AvgIpc) is 2.96. The van der Waals surface area contributed by atoms with Crippen LogP contribution in [0.15, 0.2) is 66.7 Å². The molecular weight excluding hydrogens is 256 g/mol. The number of Topliss-reactive ketones (excluding diaryl/α,β-unsaturated/α-hetero) is 1. The highest BCUT2D eigenvalue weighted by atomic mass is 16.1. The predicted octanol–water partition coefficient (Wildman–Crippen LogP) is 4.85. The van der Waals surface area contributed by atoms with Gasteiger partial charge in [0.1, 0.15) is 5.78 Å². The van der Waals surface area contributed by atoms with Crippen LogP contribution >= 0.6 is 0 Å². The molecule has 0 bridgehead atoms. The number of carbonyl (C=O) groups excluding carboxylic acids is 1. The highest BCUT2D eigenvalue weighted by molar-refractivity contribution is 5.84. The van der Waals surface area contributed by atoms with Gasteiger partial charge in [-0.15, -0.1) is 0 Å². The highest BCUT2D eigenvalue weighted by Gasteiger charge is 2.31. The van der Waals surface area contributed by atoms with Crippen LogP contribution in [0.1, 0.15) is 36.3 Å². The van der Waals surface area contributed by atoms with Gasteiger partial charge in [0.05, 0.1) is 0 Å². The monoisotopic (exact) mass is 276 g/mol. The molecule has 0 radical (unpaired) electrons. The van der Waals surface area contributed by atoms with Gasteiger partial charge in [-0.1, -0.05) is 72.8 Å². The van der Waals surface area contributed by atoms with E-state index in [1.165, 1.54) is 11.1 Å². The van der Waals surface area contributed by atoms with Gasteiger partial charge in [-0.3, -0.25) is 4.79 Å². The largest absolute Gasteiger partial charge is 0.299 e. The number of hydrogen-bond acceptors (Lipinski definition) is 1. The van der Waals surface area contributed by atoms with Crippen LogP contribution in [-0.2, 0) is 4.79 Å². The third kappa shape index (κ3) is 3.30. The van der Waals surface area contributed by atoms with E-state index in [4.69, 9.17) is 0 Å². The van der Waals surface area contributed by atoms with Gasteiger partial charge in [0.15, 0.2) is 0 Å². The Morgan fingerprint density at radius 1 is 0.952 bits per heavy atom. The molecule has 3 rings (SSSR count). The summed E-state index contributed by atoms with van der Waals surface area (Å²) in [5, 5.41) is 0. The lowest BCUT2D eigenvalue weighted by molar-refractivity contribution is -0.120. The lowest BCUT2D eigenvalue weighted by Gasteiger charge is -2.19. The Labute approximate surface area is 126 Å². The standard InChI is InChI=1S/C20H20O/c21-20-13-7-12-19(20)18(17-10-5-2-6-11-17)15-14-16-8-3-1-4-9-16/h1-6,8-11,14-15,18-19H,7,12-13H2/b15-14+/t18-,19+/m1/s1. The molecule has 1 fully saturated rings. The zero-order valence-corrected chi connectivity index (χ0v) is 12.1. The Kier molecular flexibility index (Phi) is 4.30. The Hall–Kier alpha value is -2.15. The smallest absolute Gasteiger partial charge is 0.136 e. The lowest BCUT2D eigenvalue weighted by Crippen LogP contribution is -2.15. The van der Waals surface area contributed by atoms with Crippen LogP contribution < -0.4 is 0 Å². The zero-order valence-electron chi connectivity index (χ0n) is 12.1. The molecule has 1 saturated carbocycles. The number of rotatable bonds is 4.